The molecule has 1 N–H and O–H groups in total. The van der Waals surface area contributed by atoms with Gasteiger partial charge in [0, 0.05) is 18.8 Å². The Balaban J connectivity index is 1.91. The predicted molar refractivity (Wildman–Crippen MR) is 54.8 cm³/mol. The van der Waals surface area contributed by atoms with Crippen LogP contribution in [0.25, 0.3) is 0 Å². The number of hydrogen-bond donors (Lipinski definition) is 1. The molecule has 1 unspecified atom stereocenters. The first-order valence-electron chi connectivity index (χ1n) is 4.83. The van der Waals surface area contributed by atoms with E-state index in [0.29, 0.717) is 6.10 Å². The summed E-state index contributed by atoms with van der Waals surface area (Å²) in [5.41, 5.74) is 0. The first-order valence-corrected chi connectivity index (χ1v) is 5.99. The highest BCUT2D eigenvalue weighted by atomic mass is 32.2. The van der Waals surface area contributed by atoms with Gasteiger partial charge in [-0.2, -0.15) is 11.8 Å². The summed E-state index contributed by atoms with van der Waals surface area (Å²) in [7, 11) is 0. The minimum absolute atomic E-state index is 0.459. The number of rotatable bonds is 5. The van der Waals surface area contributed by atoms with Gasteiger partial charge >= 0.3 is 0 Å². The Labute approximate surface area is 79.4 Å². The monoisotopic (exact) mass is 189 g/mol. The van der Waals surface area contributed by atoms with Crippen molar-refractivity contribution < 1.29 is 4.74 Å². The normalized spacial score (nSPS) is 24.2. The molecule has 1 aliphatic rings. The Morgan fingerprint density at radius 2 is 2.50 bits per heavy atom. The van der Waals surface area contributed by atoms with Crippen LogP contribution in [0.15, 0.2) is 0 Å². The van der Waals surface area contributed by atoms with E-state index in [1.54, 1.807) is 0 Å². The molecular formula is C9H19NOS. The second kappa shape index (κ2) is 6.75. The predicted octanol–water partition coefficient (Wildman–Crippen LogP) is 1.51. The molecule has 2 nitrogen and oxygen atoms in total. The van der Waals surface area contributed by atoms with Crippen LogP contribution in [0.2, 0.25) is 0 Å². The molecule has 1 aliphatic heterocycles. The lowest BCUT2D eigenvalue weighted by Crippen LogP contribution is -2.39. The molecule has 1 atom stereocenters. The summed E-state index contributed by atoms with van der Waals surface area (Å²) in [6.07, 6.45) is 3.10. The molecule has 3 heteroatoms. The molecule has 0 radical (unpaired) electrons. The zero-order chi connectivity index (χ0) is 8.65. The molecule has 12 heavy (non-hydrogen) atoms. The van der Waals surface area contributed by atoms with Crippen LogP contribution in [-0.2, 0) is 4.74 Å². The van der Waals surface area contributed by atoms with Crippen LogP contribution in [0.1, 0.15) is 19.8 Å². The van der Waals surface area contributed by atoms with Gasteiger partial charge in [-0.05, 0) is 12.2 Å². The third kappa shape index (κ3) is 4.33. The maximum Gasteiger partial charge on any atom is 0.0790 e. The van der Waals surface area contributed by atoms with E-state index in [1.807, 2.05) is 11.8 Å². The summed E-state index contributed by atoms with van der Waals surface area (Å²) in [5, 5.41) is 3.34. The fourth-order valence-corrected chi connectivity index (χ4v) is 2.32. The first-order chi connectivity index (χ1) is 5.93. The van der Waals surface area contributed by atoms with Crippen molar-refractivity contribution in [1.82, 2.24) is 5.32 Å². The maximum absolute atomic E-state index is 5.57. The van der Waals surface area contributed by atoms with Crippen molar-refractivity contribution in [1.29, 1.82) is 0 Å². The van der Waals surface area contributed by atoms with E-state index >= 15 is 0 Å². The first kappa shape index (κ1) is 10.4. The lowest BCUT2D eigenvalue weighted by molar-refractivity contribution is 0.0441. The quantitative estimate of drug-likeness (QED) is 0.662. The Hall–Kier alpha value is 0.270. The van der Waals surface area contributed by atoms with Gasteiger partial charge in [0.25, 0.3) is 0 Å². The zero-order valence-corrected chi connectivity index (χ0v) is 8.66. The number of hydrogen-bond acceptors (Lipinski definition) is 3. The van der Waals surface area contributed by atoms with Crippen LogP contribution in [0.4, 0.5) is 0 Å². The van der Waals surface area contributed by atoms with Gasteiger partial charge in [0.05, 0.1) is 12.7 Å². The Morgan fingerprint density at radius 3 is 3.17 bits per heavy atom. The lowest BCUT2D eigenvalue weighted by atomic mass is 10.3. The van der Waals surface area contributed by atoms with E-state index < -0.39 is 0 Å². The fraction of sp³-hybridized carbons (Fsp3) is 1.00. The van der Waals surface area contributed by atoms with Crippen LogP contribution >= 0.6 is 11.8 Å². The van der Waals surface area contributed by atoms with Crippen molar-refractivity contribution in [2.45, 2.75) is 25.9 Å². The van der Waals surface area contributed by atoms with E-state index in [4.69, 9.17) is 4.74 Å². The molecule has 0 aliphatic carbocycles. The standard InChI is InChI=1S/C9H19NOS/c1-2-3-6-12-8-9-7-10-4-5-11-9/h9-10H,2-8H2,1H3. The average molecular weight is 189 g/mol. The second-order valence-electron chi connectivity index (χ2n) is 3.13. The molecule has 0 aromatic rings. The van der Waals surface area contributed by atoms with Crippen LogP contribution < -0.4 is 5.32 Å². The molecule has 0 amide bonds. The van der Waals surface area contributed by atoms with E-state index in [9.17, 15) is 0 Å². The van der Waals surface area contributed by atoms with Gasteiger partial charge in [-0.25, -0.2) is 0 Å². The van der Waals surface area contributed by atoms with Crippen LogP contribution in [-0.4, -0.2) is 37.3 Å². The Kier molecular flexibility index (Phi) is 5.82. The molecule has 1 rings (SSSR count). The van der Waals surface area contributed by atoms with Crippen LogP contribution in [0, 0.1) is 0 Å². The fourth-order valence-electron chi connectivity index (χ4n) is 1.19. The largest absolute Gasteiger partial charge is 0.375 e. The van der Waals surface area contributed by atoms with E-state index in [-0.39, 0.29) is 0 Å². The highest BCUT2D eigenvalue weighted by molar-refractivity contribution is 7.99. The van der Waals surface area contributed by atoms with Crippen molar-refractivity contribution in [2.75, 3.05) is 31.2 Å². The average Bonchev–Trinajstić information content (AvgIpc) is 2.14. The minimum Gasteiger partial charge on any atom is -0.375 e. The molecular weight excluding hydrogens is 170 g/mol. The molecule has 0 aromatic carbocycles. The topological polar surface area (TPSA) is 21.3 Å². The van der Waals surface area contributed by atoms with Crippen molar-refractivity contribution in [2.24, 2.45) is 0 Å². The zero-order valence-electron chi connectivity index (χ0n) is 7.84. The molecule has 1 heterocycles. The van der Waals surface area contributed by atoms with Gasteiger partial charge in [-0.15, -0.1) is 0 Å². The second-order valence-corrected chi connectivity index (χ2v) is 4.28. The molecule has 0 aromatic heterocycles. The van der Waals surface area contributed by atoms with Gasteiger partial charge < -0.3 is 10.1 Å². The lowest BCUT2D eigenvalue weighted by Gasteiger charge is -2.23. The van der Waals surface area contributed by atoms with Crippen molar-refractivity contribution in [3.05, 3.63) is 0 Å². The van der Waals surface area contributed by atoms with E-state index in [2.05, 4.69) is 12.2 Å². The third-order valence-corrected chi connectivity index (χ3v) is 3.14. The Bertz CT molecular complexity index is 105. The number of morpholine rings is 1. The van der Waals surface area contributed by atoms with Crippen LogP contribution in [0.5, 0.6) is 0 Å². The highest BCUT2D eigenvalue weighted by Gasteiger charge is 2.12. The van der Waals surface area contributed by atoms with Crippen LogP contribution in [0.3, 0.4) is 0 Å². The summed E-state index contributed by atoms with van der Waals surface area (Å²) >= 11 is 2.02. The van der Waals surface area contributed by atoms with Crippen molar-refractivity contribution in [3.63, 3.8) is 0 Å². The minimum atomic E-state index is 0.459. The highest BCUT2D eigenvalue weighted by Crippen LogP contribution is 2.09. The third-order valence-electron chi connectivity index (χ3n) is 1.95. The number of thioether (sulfide) groups is 1. The molecule has 0 saturated carbocycles. The van der Waals surface area contributed by atoms with Gasteiger partial charge in [0.15, 0.2) is 0 Å². The van der Waals surface area contributed by atoms with Gasteiger partial charge in [0.2, 0.25) is 0 Å². The van der Waals surface area contributed by atoms with E-state index in [0.717, 1.165) is 25.4 Å². The smallest absolute Gasteiger partial charge is 0.0790 e. The summed E-state index contributed by atoms with van der Waals surface area (Å²) in [6, 6.07) is 0. The molecule has 72 valence electrons. The molecule has 1 saturated heterocycles. The number of unbranched alkanes of at least 4 members (excludes halogenated alkanes) is 1. The van der Waals surface area contributed by atoms with Gasteiger partial charge in [-0.1, -0.05) is 13.3 Å². The summed E-state index contributed by atoms with van der Waals surface area (Å²) in [5.74, 6) is 2.45. The Morgan fingerprint density at radius 1 is 1.58 bits per heavy atom. The summed E-state index contributed by atoms with van der Waals surface area (Å²) in [6.45, 7) is 5.19. The molecule has 0 bridgehead atoms. The maximum atomic E-state index is 5.57. The van der Waals surface area contributed by atoms with E-state index in [1.165, 1.54) is 18.6 Å². The number of nitrogens with one attached hydrogen (secondary N) is 1. The van der Waals surface area contributed by atoms with Crippen molar-refractivity contribution >= 4 is 11.8 Å². The SMILES string of the molecule is CCCCSCC1CNCCO1. The molecule has 1 fully saturated rings. The summed E-state index contributed by atoms with van der Waals surface area (Å²) < 4.78 is 5.57. The van der Waals surface area contributed by atoms with Crippen molar-refractivity contribution in [3.8, 4) is 0 Å². The van der Waals surface area contributed by atoms with Gasteiger partial charge in [0.1, 0.15) is 0 Å². The molecule has 0 spiro atoms. The van der Waals surface area contributed by atoms with Gasteiger partial charge in [-0.3, -0.25) is 0 Å². The summed E-state index contributed by atoms with van der Waals surface area (Å²) in [4.78, 5) is 0. The number of ether oxygens (including phenoxy) is 1.